The SMILES string of the molecule is CCCCOCC(C=O)NC(=O)OCc1ccccc1. The van der Waals surface area contributed by atoms with Crippen LogP contribution in [0.4, 0.5) is 4.79 Å². The molecule has 5 nitrogen and oxygen atoms in total. The maximum absolute atomic E-state index is 11.5. The first-order valence-corrected chi connectivity index (χ1v) is 6.76. The number of aldehydes is 1. The lowest BCUT2D eigenvalue weighted by Gasteiger charge is -2.13. The number of carbonyl (C=O) groups is 2. The van der Waals surface area contributed by atoms with Gasteiger partial charge in [-0.2, -0.15) is 0 Å². The van der Waals surface area contributed by atoms with E-state index in [1.165, 1.54) is 0 Å². The predicted octanol–water partition coefficient (Wildman–Crippen LogP) is 2.30. The molecule has 0 radical (unpaired) electrons. The Bertz CT molecular complexity index is 394. The van der Waals surface area contributed by atoms with Crippen LogP contribution in [0.15, 0.2) is 30.3 Å². The number of amides is 1. The molecule has 0 aliphatic carbocycles. The summed E-state index contributed by atoms with van der Waals surface area (Å²) in [6.45, 7) is 2.99. The number of benzene rings is 1. The lowest BCUT2D eigenvalue weighted by Crippen LogP contribution is -2.39. The molecule has 0 heterocycles. The fraction of sp³-hybridized carbons (Fsp3) is 0.467. The molecule has 1 atom stereocenters. The van der Waals surface area contributed by atoms with Crippen LogP contribution in [0.25, 0.3) is 0 Å². The number of unbranched alkanes of at least 4 members (excludes halogenated alkanes) is 1. The van der Waals surface area contributed by atoms with Crippen molar-refractivity contribution >= 4 is 12.4 Å². The van der Waals surface area contributed by atoms with Crippen molar-refractivity contribution in [1.82, 2.24) is 5.32 Å². The average molecular weight is 279 g/mol. The minimum atomic E-state index is -0.671. The zero-order valence-electron chi connectivity index (χ0n) is 11.7. The van der Waals surface area contributed by atoms with Crippen molar-refractivity contribution in [2.45, 2.75) is 32.4 Å². The molecule has 1 aromatic carbocycles. The summed E-state index contributed by atoms with van der Waals surface area (Å²) in [5, 5.41) is 2.46. The third kappa shape index (κ3) is 6.89. The molecular weight excluding hydrogens is 258 g/mol. The largest absolute Gasteiger partial charge is 0.445 e. The molecule has 0 aliphatic heterocycles. The molecule has 1 amide bonds. The first kappa shape index (κ1) is 16.2. The highest BCUT2D eigenvalue weighted by Gasteiger charge is 2.12. The Hall–Kier alpha value is -1.88. The topological polar surface area (TPSA) is 64.6 Å². The molecule has 1 unspecified atom stereocenters. The Labute approximate surface area is 119 Å². The molecular formula is C15H21NO4. The van der Waals surface area contributed by atoms with Crippen molar-refractivity contribution in [3.05, 3.63) is 35.9 Å². The summed E-state index contributed by atoms with van der Waals surface area (Å²) in [5.41, 5.74) is 0.893. The van der Waals surface area contributed by atoms with Crippen LogP contribution in [0.1, 0.15) is 25.3 Å². The van der Waals surface area contributed by atoms with Crippen LogP contribution in [-0.2, 0) is 20.9 Å². The van der Waals surface area contributed by atoms with Gasteiger partial charge in [0.25, 0.3) is 0 Å². The van der Waals surface area contributed by atoms with Crippen LogP contribution in [0.2, 0.25) is 0 Å². The van der Waals surface area contributed by atoms with Gasteiger partial charge in [0.2, 0.25) is 0 Å². The predicted molar refractivity (Wildman–Crippen MR) is 75.3 cm³/mol. The molecule has 5 heteroatoms. The van der Waals surface area contributed by atoms with Crippen LogP contribution in [0.5, 0.6) is 0 Å². The first-order chi connectivity index (χ1) is 9.76. The maximum Gasteiger partial charge on any atom is 0.408 e. The monoisotopic (exact) mass is 279 g/mol. The Balaban J connectivity index is 2.23. The van der Waals surface area contributed by atoms with Gasteiger partial charge in [0.05, 0.1) is 6.61 Å². The second kappa shape index (κ2) is 9.97. The molecule has 0 aromatic heterocycles. The molecule has 1 rings (SSSR count). The second-order valence-electron chi connectivity index (χ2n) is 4.38. The highest BCUT2D eigenvalue weighted by molar-refractivity contribution is 5.73. The van der Waals surface area contributed by atoms with E-state index in [-0.39, 0.29) is 13.2 Å². The van der Waals surface area contributed by atoms with Crippen molar-refractivity contribution in [3.63, 3.8) is 0 Å². The van der Waals surface area contributed by atoms with Crippen LogP contribution in [-0.4, -0.2) is 31.6 Å². The number of hydrogen-bond donors (Lipinski definition) is 1. The third-order valence-corrected chi connectivity index (χ3v) is 2.62. The molecule has 0 spiro atoms. The van der Waals surface area contributed by atoms with E-state index in [0.29, 0.717) is 12.9 Å². The summed E-state index contributed by atoms with van der Waals surface area (Å²) in [7, 11) is 0. The number of rotatable bonds is 9. The van der Waals surface area contributed by atoms with E-state index in [0.717, 1.165) is 18.4 Å². The van der Waals surface area contributed by atoms with E-state index in [9.17, 15) is 9.59 Å². The molecule has 110 valence electrons. The summed E-state index contributed by atoms with van der Waals surface area (Å²) in [6.07, 6.45) is 1.99. The maximum atomic E-state index is 11.5. The van der Waals surface area contributed by atoms with Gasteiger partial charge in [0.15, 0.2) is 0 Å². The van der Waals surface area contributed by atoms with Gasteiger partial charge in [0.1, 0.15) is 18.9 Å². The standard InChI is InChI=1S/C15H21NO4/c1-2-3-9-19-12-14(10-17)16-15(18)20-11-13-7-5-4-6-8-13/h4-8,10,14H,2-3,9,11-12H2,1H3,(H,16,18). The van der Waals surface area contributed by atoms with Crippen molar-refractivity contribution in [1.29, 1.82) is 0 Å². The first-order valence-electron chi connectivity index (χ1n) is 6.76. The van der Waals surface area contributed by atoms with E-state index in [2.05, 4.69) is 12.2 Å². The molecule has 0 saturated heterocycles. The van der Waals surface area contributed by atoms with E-state index < -0.39 is 12.1 Å². The number of hydrogen-bond acceptors (Lipinski definition) is 4. The average Bonchev–Trinajstić information content (AvgIpc) is 2.49. The summed E-state index contributed by atoms with van der Waals surface area (Å²) in [6, 6.07) is 8.67. The van der Waals surface area contributed by atoms with Gasteiger partial charge in [-0.05, 0) is 12.0 Å². The minimum absolute atomic E-state index is 0.171. The highest BCUT2D eigenvalue weighted by Crippen LogP contribution is 2.00. The number of alkyl carbamates (subject to hydrolysis) is 1. The van der Waals surface area contributed by atoms with Crippen LogP contribution < -0.4 is 5.32 Å². The van der Waals surface area contributed by atoms with E-state index in [4.69, 9.17) is 9.47 Å². The summed E-state index contributed by atoms with van der Waals surface area (Å²) in [4.78, 5) is 22.4. The lowest BCUT2D eigenvalue weighted by molar-refractivity contribution is -0.110. The molecule has 1 aromatic rings. The summed E-state index contributed by atoms with van der Waals surface area (Å²) in [5.74, 6) is 0. The highest BCUT2D eigenvalue weighted by atomic mass is 16.5. The Morgan fingerprint density at radius 3 is 2.75 bits per heavy atom. The number of ether oxygens (including phenoxy) is 2. The fourth-order valence-corrected chi connectivity index (χ4v) is 1.49. The zero-order chi connectivity index (χ0) is 14.6. The summed E-state index contributed by atoms with van der Waals surface area (Å²) >= 11 is 0. The quantitative estimate of drug-likeness (QED) is 0.556. The van der Waals surface area contributed by atoms with Crippen LogP contribution >= 0.6 is 0 Å². The molecule has 0 fully saturated rings. The van der Waals surface area contributed by atoms with E-state index in [1.807, 2.05) is 30.3 Å². The fourth-order valence-electron chi connectivity index (χ4n) is 1.49. The zero-order valence-corrected chi connectivity index (χ0v) is 11.7. The summed E-state index contributed by atoms with van der Waals surface area (Å²) < 4.78 is 10.3. The molecule has 0 bridgehead atoms. The van der Waals surface area contributed by atoms with Gasteiger partial charge in [-0.3, -0.25) is 0 Å². The van der Waals surface area contributed by atoms with Crippen molar-refractivity contribution in [3.8, 4) is 0 Å². The van der Waals surface area contributed by atoms with E-state index >= 15 is 0 Å². The Morgan fingerprint density at radius 1 is 1.35 bits per heavy atom. The molecule has 0 saturated carbocycles. The van der Waals surface area contributed by atoms with E-state index in [1.54, 1.807) is 0 Å². The normalized spacial score (nSPS) is 11.7. The van der Waals surface area contributed by atoms with Gasteiger partial charge >= 0.3 is 6.09 Å². The van der Waals surface area contributed by atoms with Gasteiger partial charge < -0.3 is 19.6 Å². The number of nitrogens with one attached hydrogen (secondary N) is 1. The smallest absolute Gasteiger partial charge is 0.408 e. The third-order valence-electron chi connectivity index (χ3n) is 2.62. The van der Waals surface area contributed by atoms with Crippen molar-refractivity contribution in [2.24, 2.45) is 0 Å². The van der Waals surface area contributed by atoms with Gasteiger partial charge in [0, 0.05) is 6.61 Å². The van der Waals surface area contributed by atoms with Crippen molar-refractivity contribution < 1.29 is 19.1 Å². The molecule has 20 heavy (non-hydrogen) atoms. The Morgan fingerprint density at radius 2 is 2.10 bits per heavy atom. The molecule has 0 aliphatic rings. The van der Waals surface area contributed by atoms with Gasteiger partial charge in [-0.15, -0.1) is 0 Å². The van der Waals surface area contributed by atoms with Gasteiger partial charge in [-0.1, -0.05) is 43.7 Å². The van der Waals surface area contributed by atoms with Crippen LogP contribution in [0.3, 0.4) is 0 Å². The van der Waals surface area contributed by atoms with Gasteiger partial charge in [-0.25, -0.2) is 4.79 Å². The second-order valence-corrected chi connectivity index (χ2v) is 4.38. The Kier molecular flexibility index (Phi) is 8.07. The minimum Gasteiger partial charge on any atom is -0.445 e. The van der Waals surface area contributed by atoms with Crippen molar-refractivity contribution in [2.75, 3.05) is 13.2 Å². The van der Waals surface area contributed by atoms with Crippen LogP contribution in [0, 0.1) is 0 Å². The lowest BCUT2D eigenvalue weighted by atomic mass is 10.2. The molecule has 1 N–H and O–H groups in total. The number of carbonyl (C=O) groups excluding carboxylic acids is 2.